The largest absolute Gasteiger partial charge is 0.545 e. The van der Waals surface area contributed by atoms with Crippen LogP contribution in [-0.2, 0) is 0 Å². The van der Waals surface area contributed by atoms with Crippen molar-refractivity contribution in [2.75, 3.05) is 6.61 Å². The minimum absolute atomic E-state index is 0.139. The molecular weight excluding hydrogens is 290 g/mol. The first-order valence-electron chi connectivity index (χ1n) is 7.45. The van der Waals surface area contributed by atoms with E-state index in [0.717, 1.165) is 11.1 Å². The standard InChI is InChI=1S/C19H17NO3/c1-3-23-18-7-5-4-6-13(18)17-11-15(19(21)22)14-10-12(2)8-9-16(14)20-17/h4-11H,3H2,1-2H3,(H,21,22)/p-1. The van der Waals surface area contributed by atoms with E-state index in [1.807, 2.05) is 56.3 Å². The average molecular weight is 306 g/mol. The molecule has 0 radical (unpaired) electrons. The van der Waals surface area contributed by atoms with Gasteiger partial charge in [-0.25, -0.2) is 4.98 Å². The summed E-state index contributed by atoms with van der Waals surface area (Å²) in [5.41, 5.74) is 3.06. The molecule has 0 spiro atoms. The SMILES string of the molecule is CCOc1ccccc1-c1cc(C(=O)[O-])c2cc(C)ccc2n1. The normalized spacial score (nSPS) is 10.7. The zero-order valence-corrected chi connectivity index (χ0v) is 13.0. The smallest absolute Gasteiger partial charge is 0.128 e. The maximum absolute atomic E-state index is 11.6. The fourth-order valence-electron chi connectivity index (χ4n) is 2.61. The van der Waals surface area contributed by atoms with Crippen LogP contribution in [0.4, 0.5) is 0 Å². The highest BCUT2D eigenvalue weighted by Crippen LogP contribution is 2.31. The van der Waals surface area contributed by atoms with Crippen LogP contribution in [0.25, 0.3) is 22.2 Å². The summed E-state index contributed by atoms with van der Waals surface area (Å²) in [6, 6.07) is 14.6. The number of hydrogen-bond donors (Lipinski definition) is 0. The molecule has 0 aliphatic carbocycles. The van der Waals surface area contributed by atoms with Crippen LogP contribution < -0.4 is 9.84 Å². The molecule has 4 heteroatoms. The summed E-state index contributed by atoms with van der Waals surface area (Å²) in [5, 5.41) is 12.1. The van der Waals surface area contributed by atoms with Crippen LogP contribution in [0.5, 0.6) is 5.75 Å². The highest BCUT2D eigenvalue weighted by molar-refractivity contribution is 6.03. The molecule has 0 bridgehead atoms. The van der Waals surface area contributed by atoms with Crippen LogP contribution in [0, 0.1) is 6.92 Å². The van der Waals surface area contributed by atoms with Gasteiger partial charge in [0.05, 0.1) is 23.8 Å². The van der Waals surface area contributed by atoms with Crippen molar-refractivity contribution in [3.63, 3.8) is 0 Å². The Hall–Kier alpha value is -2.88. The Morgan fingerprint density at radius 2 is 1.96 bits per heavy atom. The summed E-state index contributed by atoms with van der Waals surface area (Å²) in [6.45, 7) is 4.34. The van der Waals surface area contributed by atoms with Gasteiger partial charge in [0.1, 0.15) is 5.75 Å². The van der Waals surface area contributed by atoms with Gasteiger partial charge < -0.3 is 14.6 Å². The number of pyridine rings is 1. The van der Waals surface area contributed by atoms with Crippen molar-refractivity contribution in [1.82, 2.24) is 4.98 Å². The monoisotopic (exact) mass is 306 g/mol. The number of carbonyl (C=O) groups is 1. The Kier molecular flexibility index (Phi) is 3.98. The topological polar surface area (TPSA) is 62.2 Å². The first kappa shape index (κ1) is 15.0. The number of hydrogen-bond acceptors (Lipinski definition) is 4. The van der Waals surface area contributed by atoms with Crippen molar-refractivity contribution in [2.24, 2.45) is 0 Å². The molecule has 23 heavy (non-hydrogen) atoms. The lowest BCUT2D eigenvalue weighted by Crippen LogP contribution is -2.22. The maximum Gasteiger partial charge on any atom is 0.128 e. The van der Waals surface area contributed by atoms with Gasteiger partial charge in [-0.3, -0.25) is 0 Å². The van der Waals surface area contributed by atoms with Crippen LogP contribution in [0.15, 0.2) is 48.5 Å². The van der Waals surface area contributed by atoms with Crippen molar-refractivity contribution in [1.29, 1.82) is 0 Å². The number of ether oxygens (including phenoxy) is 1. The molecule has 0 aliphatic heterocycles. The average Bonchev–Trinajstić information content (AvgIpc) is 2.54. The van der Waals surface area contributed by atoms with E-state index in [1.165, 1.54) is 0 Å². The van der Waals surface area contributed by atoms with E-state index < -0.39 is 5.97 Å². The summed E-state index contributed by atoms with van der Waals surface area (Å²) in [5.74, 6) is -0.531. The third-order valence-electron chi connectivity index (χ3n) is 3.65. The predicted octanol–water partition coefficient (Wildman–Crippen LogP) is 2.97. The Labute approximate surface area is 134 Å². The summed E-state index contributed by atoms with van der Waals surface area (Å²) in [6.07, 6.45) is 0. The maximum atomic E-state index is 11.6. The van der Waals surface area contributed by atoms with Crippen molar-refractivity contribution < 1.29 is 14.6 Å². The van der Waals surface area contributed by atoms with E-state index in [2.05, 4.69) is 4.98 Å². The van der Waals surface area contributed by atoms with Gasteiger partial charge in [0.25, 0.3) is 0 Å². The molecule has 0 aliphatic rings. The summed E-state index contributed by atoms with van der Waals surface area (Å²) in [7, 11) is 0. The zero-order valence-electron chi connectivity index (χ0n) is 13.0. The number of carboxylic acids is 1. The van der Waals surface area contributed by atoms with Gasteiger partial charge in [0.2, 0.25) is 0 Å². The van der Waals surface area contributed by atoms with Crippen LogP contribution in [0.1, 0.15) is 22.8 Å². The molecule has 0 atom stereocenters. The molecular formula is C19H16NO3-. The number of fused-ring (bicyclic) bond motifs is 1. The Morgan fingerprint density at radius 1 is 1.17 bits per heavy atom. The number of carbonyl (C=O) groups excluding carboxylic acids is 1. The third-order valence-corrected chi connectivity index (χ3v) is 3.65. The number of nitrogens with zero attached hydrogens (tertiary/aromatic N) is 1. The molecule has 1 aromatic heterocycles. The van der Waals surface area contributed by atoms with Crippen LogP contribution in [0.2, 0.25) is 0 Å². The van der Waals surface area contributed by atoms with Gasteiger partial charge in [0.15, 0.2) is 0 Å². The Morgan fingerprint density at radius 3 is 2.70 bits per heavy atom. The van der Waals surface area contributed by atoms with Crippen LogP contribution in [0.3, 0.4) is 0 Å². The summed E-state index contributed by atoms with van der Waals surface area (Å²) in [4.78, 5) is 16.2. The second-order valence-corrected chi connectivity index (χ2v) is 5.29. The predicted molar refractivity (Wildman–Crippen MR) is 87.4 cm³/mol. The number of aromatic carboxylic acids is 1. The number of para-hydroxylation sites is 1. The molecule has 0 unspecified atom stereocenters. The first-order valence-corrected chi connectivity index (χ1v) is 7.45. The zero-order chi connectivity index (χ0) is 16.4. The third kappa shape index (κ3) is 2.88. The molecule has 2 aromatic carbocycles. The van der Waals surface area contributed by atoms with Gasteiger partial charge in [-0.2, -0.15) is 0 Å². The van der Waals surface area contributed by atoms with E-state index in [4.69, 9.17) is 4.74 Å². The number of aromatic nitrogens is 1. The minimum atomic E-state index is -1.21. The highest BCUT2D eigenvalue weighted by Gasteiger charge is 2.12. The first-order chi connectivity index (χ1) is 11.1. The fourth-order valence-corrected chi connectivity index (χ4v) is 2.61. The van der Waals surface area contributed by atoms with Gasteiger partial charge in [0, 0.05) is 16.5 Å². The minimum Gasteiger partial charge on any atom is -0.545 e. The van der Waals surface area contributed by atoms with Gasteiger partial charge >= 0.3 is 0 Å². The van der Waals surface area contributed by atoms with Gasteiger partial charge in [-0.1, -0.05) is 23.8 Å². The van der Waals surface area contributed by atoms with Crippen LogP contribution in [-0.4, -0.2) is 17.6 Å². The van der Waals surface area contributed by atoms with Gasteiger partial charge in [-0.05, 0) is 44.2 Å². The molecule has 1 heterocycles. The van der Waals surface area contributed by atoms with E-state index in [0.29, 0.717) is 29.0 Å². The van der Waals surface area contributed by atoms with E-state index in [9.17, 15) is 9.90 Å². The molecule has 0 N–H and O–H groups in total. The van der Waals surface area contributed by atoms with Crippen molar-refractivity contribution in [2.45, 2.75) is 13.8 Å². The summed E-state index contributed by atoms with van der Waals surface area (Å²) >= 11 is 0. The van der Waals surface area contributed by atoms with Crippen molar-refractivity contribution in [3.8, 4) is 17.0 Å². The van der Waals surface area contributed by atoms with E-state index >= 15 is 0 Å². The number of aryl methyl sites for hydroxylation is 1. The van der Waals surface area contributed by atoms with Gasteiger partial charge in [-0.15, -0.1) is 0 Å². The molecule has 3 rings (SSSR count). The van der Waals surface area contributed by atoms with E-state index in [1.54, 1.807) is 6.07 Å². The summed E-state index contributed by atoms with van der Waals surface area (Å²) < 4.78 is 5.62. The van der Waals surface area contributed by atoms with Crippen molar-refractivity contribution in [3.05, 3.63) is 59.7 Å². The lowest BCUT2D eigenvalue weighted by atomic mass is 10.0. The number of carboxylic acid groups (broad SMARTS) is 1. The molecule has 116 valence electrons. The Bertz CT molecular complexity index is 887. The highest BCUT2D eigenvalue weighted by atomic mass is 16.5. The number of benzene rings is 2. The molecule has 0 saturated heterocycles. The second kappa shape index (κ2) is 6.08. The molecule has 3 aromatic rings. The number of rotatable bonds is 4. The quantitative estimate of drug-likeness (QED) is 0.743. The molecule has 0 saturated carbocycles. The fraction of sp³-hybridized carbons (Fsp3) is 0.158. The van der Waals surface area contributed by atoms with E-state index in [-0.39, 0.29) is 5.56 Å². The second-order valence-electron chi connectivity index (χ2n) is 5.29. The molecule has 0 fully saturated rings. The lowest BCUT2D eigenvalue weighted by Gasteiger charge is -2.13. The lowest BCUT2D eigenvalue weighted by molar-refractivity contribution is -0.254. The Balaban J connectivity index is 2.27. The van der Waals surface area contributed by atoms with Crippen LogP contribution >= 0.6 is 0 Å². The molecule has 4 nitrogen and oxygen atoms in total. The van der Waals surface area contributed by atoms with Crippen molar-refractivity contribution >= 4 is 16.9 Å². The molecule has 0 amide bonds.